The lowest BCUT2D eigenvalue weighted by Crippen LogP contribution is -2.21. The van der Waals surface area contributed by atoms with Gasteiger partial charge in [-0.3, -0.25) is 24.0 Å². The number of ether oxygens (including phenoxy) is 1. The number of aliphatic hydroxyl groups is 2. The molecule has 1 aliphatic heterocycles. The Labute approximate surface area is 931 Å². The number of aliphatic hydroxyl groups excluding tert-OH is 1. The largest absolute Gasteiger partial charge is 0.643 e. The number of aryl methyl sites for hydroxylation is 16. The van der Waals surface area contributed by atoms with Crippen LogP contribution in [0.3, 0.4) is 0 Å². The quantitative estimate of drug-likeness (QED) is 0.0434. The zero-order chi connectivity index (χ0) is 105. The lowest BCUT2D eigenvalue weighted by atomic mass is 9.83. The van der Waals surface area contributed by atoms with Crippen LogP contribution in [-0.2, 0) is 4.74 Å². The number of fused-ring (bicyclic) bond motifs is 13. The van der Waals surface area contributed by atoms with Crippen molar-refractivity contribution in [3.05, 3.63) is 513 Å². The fraction of sp³-hybridized carbons (Fsp3) is 0.159. The highest BCUT2D eigenvalue weighted by atomic mass is 79.9. The molecule has 0 amide bonds. The zero-order valence-corrected chi connectivity index (χ0v) is 93.5. The highest BCUT2D eigenvalue weighted by Crippen LogP contribution is 2.43. The van der Waals surface area contributed by atoms with Crippen molar-refractivity contribution in [2.45, 2.75) is 147 Å². The topological polar surface area (TPSA) is 169 Å². The van der Waals surface area contributed by atoms with Crippen molar-refractivity contribution in [2.75, 3.05) is 0 Å². The molecule has 0 unspecified atom stereocenters. The summed E-state index contributed by atoms with van der Waals surface area (Å²) in [6.45, 7) is 32.5. The van der Waals surface area contributed by atoms with E-state index in [2.05, 4.69) is 313 Å². The molecular formula is C132H122AlBr4Cl3O10. The number of rotatable bonds is 3. The van der Waals surface area contributed by atoms with Gasteiger partial charge in [0.2, 0.25) is 0 Å². The molecule has 0 radical (unpaired) electrons. The molecule has 0 spiro atoms. The Morgan fingerprint density at radius 1 is 0.233 bits per heavy atom. The molecule has 20 aromatic carbocycles. The molecule has 0 fully saturated rings. The Kier molecular flexibility index (Phi) is 41.9. The second-order valence-corrected chi connectivity index (χ2v) is 47.0. The van der Waals surface area contributed by atoms with Gasteiger partial charge in [0.15, 0.2) is 35.2 Å². The number of halogens is 7. The van der Waals surface area contributed by atoms with E-state index in [0.29, 0.717) is 66.8 Å². The van der Waals surface area contributed by atoms with Crippen molar-refractivity contribution in [3.63, 3.8) is 0 Å². The number of ketones is 5. The number of cyclic esters (lactones) is 2. The average molecular weight is 2320 g/mol. The highest BCUT2D eigenvalue weighted by molar-refractivity contribution is 9.11. The molecule has 23 rings (SSSR count). The van der Waals surface area contributed by atoms with Gasteiger partial charge in [0.25, 0.3) is 0 Å². The third-order valence-electron chi connectivity index (χ3n) is 25.2. The molecule has 762 valence electrons. The van der Waals surface area contributed by atoms with E-state index in [9.17, 15) is 43.8 Å². The third kappa shape index (κ3) is 28.7. The molecule has 150 heavy (non-hydrogen) atoms. The summed E-state index contributed by atoms with van der Waals surface area (Å²) in [5, 5.41) is 39.4. The standard InChI is InChI=1S/2C16H12Br2.C16H16O3.2C16H12O2.2C16H14.C9H6O3.C7H8.4CH4.Al.3ClH/c1-9-3-5-11-13(7-9)15(17)12-6-4-10(2)8-14(12)16(11)18;1-9-3-5-11-13(7-9)16(18)14-8-10(2)4-6-12(14)15(11)17;1-10-3-6-12(7-4-10)15(17)14-9-11(2)5-8-13(14)16(18)19;1-9-3-5-11-13(7-9)15(17)12-6-4-10(2)8-14(12)16(11)18;1-9-3-5-11-13(7-9)16(18)14-8-10(2)4-6-12(14)15(11)17;1-11-3-5-13-10-16-8-12(2)4-6-14(16)9-15(13)7-11;1-11-3-5-13-9-14-6-4-12(2)8-16(14)10-15(13)7-11;1-5-2-3-6-7(4-5)9(11)12-8(6)10;1-7-5-3-2-4-6-7;;;;;;;;/h2*3-8H,1-2H3;3-9,16,18-19H,1-2H3;2*3-8H,1-2H3;2*3-10H,1-2H3;2-4H,1H3;2-6H,1H3;4*1H4;;3*1H/q;;;;;;;;;;;;;+3;;;/p-3. The molecule has 0 saturated heterocycles. The molecule has 0 saturated carbocycles. The predicted octanol–water partition coefficient (Wildman–Crippen LogP) is 37.7. The minimum Gasteiger partial charge on any atom is -0.386 e. The van der Waals surface area contributed by atoms with Crippen molar-refractivity contribution in [1.82, 2.24) is 0 Å². The van der Waals surface area contributed by atoms with Crippen LogP contribution in [0.25, 0.3) is 86.2 Å². The Bertz CT molecular complexity index is 8200. The average Bonchev–Trinajstić information content (AvgIpc) is 1.25. The molecule has 2 aliphatic carbocycles. The predicted molar refractivity (Wildman–Crippen MR) is 648 cm³/mol. The molecule has 2 N–H and O–H groups in total. The number of esters is 2. The number of carbonyl (C=O) groups excluding carboxylic acids is 7. The fourth-order valence-corrected chi connectivity index (χ4v) is 20.3. The van der Waals surface area contributed by atoms with Crippen LogP contribution in [0.4, 0.5) is 0 Å². The molecular weight excluding hydrogens is 2200 g/mol. The van der Waals surface area contributed by atoms with E-state index >= 15 is 0 Å². The van der Waals surface area contributed by atoms with Crippen molar-refractivity contribution in [3.8, 4) is 0 Å². The Morgan fingerprint density at radius 2 is 0.453 bits per heavy atom. The summed E-state index contributed by atoms with van der Waals surface area (Å²) in [6.07, 6.45) is -1.65. The maximum atomic E-state index is 12.4. The van der Waals surface area contributed by atoms with Crippen LogP contribution in [0.1, 0.15) is 231 Å². The van der Waals surface area contributed by atoms with Crippen molar-refractivity contribution in [2.24, 2.45) is 0 Å². The third-order valence-corrected chi connectivity index (χ3v) is 28.7. The number of hydrogen-bond acceptors (Lipinski definition) is 10. The Morgan fingerprint density at radius 3 is 0.767 bits per heavy atom. The van der Waals surface area contributed by atoms with Gasteiger partial charge in [0.05, 0.1) is 11.1 Å². The van der Waals surface area contributed by atoms with Crippen LogP contribution in [0, 0.1) is 111 Å². The fourth-order valence-electron chi connectivity index (χ4n) is 17.6. The normalized spacial score (nSPS) is 11.4. The van der Waals surface area contributed by atoms with Gasteiger partial charge < -0.3 is 14.9 Å². The van der Waals surface area contributed by atoms with E-state index in [1.165, 1.54) is 154 Å². The number of benzene rings is 20. The SMILES string of the molecule is C.C.C.C.Cc1ccc(C(=O)c2cc(C)ccc2C(O)O)cc1.Cc1ccc2c(Br)c3cc(C)ccc3c(Br)c2c1.Cc1ccc2c(Br)c3ccc(C)cc3c(Br)c2c1.Cc1ccc2c(c1)C(=O)OC2=O.Cc1ccc2c(c1)C(=O)c1cc(C)ccc1C2=O.Cc1ccc2c(c1)C(=O)c1ccc(C)cc1C2=O.Cc1ccc2cc3cc(C)ccc3cc2c1.Cc1ccc2cc3ccc(C)cc3cc2c1.Cc1ccccc1.[Cl][Al]([Cl])[Cl]. The lowest BCUT2D eigenvalue weighted by molar-refractivity contribution is -0.0429. The van der Waals surface area contributed by atoms with Crippen LogP contribution in [0.15, 0.2) is 352 Å². The summed E-state index contributed by atoms with van der Waals surface area (Å²) in [7, 11) is 14.8. The van der Waals surface area contributed by atoms with Gasteiger partial charge in [-0.1, -0.05) is 386 Å². The van der Waals surface area contributed by atoms with Crippen LogP contribution in [-0.4, -0.2) is 62.5 Å². The molecule has 18 heteroatoms. The summed E-state index contributed by atoms with van der Waals surface area (Å²) in [6, 6.07) is 111. The lowest BCUT2D eigenvalue weighted by Gasteiger charge is -2.18. The first-order valence-electron chi connectivity index (χ1n) is 47.4. The minimum atomic E-state index is -1.72. The van der Waals surface area contributed by atoms with Crippen molar-refractivity contribution < 1.29 is 48.5 Å². The molecule has 10 nitrogen and oxygen atoms in total. The number of carbonyl (C=O) groups is 7. The molecule has 20 aromatic rings. The first kappa shape index (κ1) is 119. The maximum Gasteiger partial charge on any atom is 0.643 e. The Balaban J connectivity index is 0.000000172. The summed E-state index contributed by atoms with van der Waals surface area (Å²) in [5.41, 5.74) is 24.6. The molecule has 0 bridgehead atoms. The summed E-state index contributed by atoms with van der Waals surface area (Å²) >= 11 is 13.3. The van der Waals surface area contributed by atoms with Gasteiger partial charge in [-0.2, -0.15) is 0 Å². The van der Waals surface area contributed by atoms with Gasteiger partial charge in [-0.15, -0.1) is 0 Å². The zero-order valence-electron chi connectivity index (χ0n) is 83.7. The number of hydrogen-bond donors (Lipinski definition) is 2. The minimum absolute atomic E-state index is 0. The van der Waals surface area contributed by atoms with Crippen LogP contribution in [0.5, 0.6) is 0 Å². The first-order valence-corrected chi connectivity index (χ1v) is 55.8. The smallest absolute Gasteiger partial charge is 0.386 e. The summed E-state index contributed by atoms with van der Waals surface area (Å²) in [4.78, 5) is 83.8. The highest BCUT2D eigenvalue weighted by Gasteiger charge is 2.33. The van der Waals surface area contributed by atoms with E-state index in [1.54, 1.807) is 97.1 Å². The van der Waals surface area contributed by atoms with E-state index in [4.69, 9.17) is 30.1 Å². The van der Waals surface area contributed by atoms with Crippen molar-refractivity contribution in [1.29, 1.82) is 0 Å². The summed E-state index contributed by atoms with van der Waals surface area (Å²) < 4.78 is 9.13. The van der Waals surface area contributed by atoms with Gasteiger partial charge in [0.1, 0.15) is 0 Å². The monoisotopic (exact) mass is 2310 g/mol. The van der Waals surface area contributed by atoms with E-state index in [1.807, 2.05) is 103 Å². The molecule has 0 atom stereocenters. The van der Waals surface area contributed by atoms with E-state index in [-0.39, 0.29) is 64.2 Å². The van der Waals surface area contributed by atoms with E-state index in [0.717, 1.165) is 38.9 Å². The molecule has 3 aliphatic rings. The van der Waals surface area contributed by atoms with Crippen LogP contribution >= 0.6 is 93.9 Å². The van der Waals surface area contributed by atoms with Crippen LogP contribution < -0.4 is 0 Å². The van der Waals surface area contributed by atoms with Gasteiger partial charge in [-0.05, 0) is 327 Å². The van der Waals surface area contributed by atoms with Crippen molar-refractivity contribution >= 4 is 232 Å². The van der Waals surface area contributed by atoms with Gasteiger partial charge in [-0.25, -0.2) is 39.7 Å². The summed E-state index contributed by atoms with van der Waals surface area (Å²) in [5.74, 6) is -1.50. The maximum absolute atomic E-state index is 12.4. The Hall–Kier alpha value is -12.8. The van der Waals surface area contributed by atoms with E-state index < -0.39 is 29.6 Å². The van der Waals surface area contributed by atoms with Crippen LogP contribution in [0.2, 0.25) is 0 Å². The van der Waals surface area contributed by atoms with Gasteiger partial charge in [0, 0.05) is 79.1 Å². The second kappa shape index (κ2) is 52.8. The molecule has 0 aromatic heterocycles. The molecule has 1 heterocycles. The second-order valence-electron chi connectivity index (χ2n) is 37.4. The van der Waals surface area contributed by atoms with Gasteiger partial charge >= 0.3 is 23.3 Å². The first-order chi connectivity index (χ1) is 69.5.